The van der Waals surface area contributed by atoms with Gasteiger partial charge in [-0.2, -0.15) is 0 Å². The molecule has 0 aromatic heterocycles. The van der Waals surface area contributed by atoms with Gasteiger partial charge in [0.1, 0.15) is 0 Å². The van der Waals surface area contributed by atoms with Gasteiger partial charge in [0.15, 0.2) is 5.84 Å². The molecule has 0 saturated carbocycles. The molecule has 0 aliphatic carbocycles. The Balaban J connectivity index is 2.59. The Bertz CT molecular complexity index is 351. The fourth-order valence-corrected chi connectivity index (χ4v) is 1.65. The molecule has 4 nitrogen and oxygen atoms in total. The van der Waals surface area contributed by atoms with Gasteiger partial charge in [-0.05, 0) is 24.2 Å². The number of hydrogen-bond donors (Lipinski definition) is 2. The lowest BCUT2D eigenvalue weighted by atomic mass is 10.2. The highest BCUT2D eigenvalue weighted by atomic mass is 79.9. The zero-order chi connectivity index (χ0) is 12.0. The smallest absolute Gasteiger partial charge is 0.153 e. The van der Waals surface area contributed by atoms with Gasteiger partial charge >= 0.3 is 0 Å². The molecule has 0 radical (unpaired) electrons. The second-order valence-electron chi connectivity index (χ2n) is 3.52. The summed E-state index contributed by atoms with van der Waals surface area (Å²) in [5.74, 6) is 0.235. The number of amidine groups is 1. The van der Waals surface area contributed by atoms with E-state index in [2.05, 4.69) is 38.1 Å². The Morgan fingerprint density at radius 3 is 2.56 bits per heavy atom. The summed E-state index contributed by atoms with van der Waals surface area (Å²) in [7, 11) is 0. The van der Waals surface area contributed by atoms with Crippen LogP contribution >= 0.6 is 15.9 Å². The summed E-state index contributed by atoms with van der Waals surface area (Å²) in [5.41, 5.74) is 6.68. The Labute approximate surface area is 104 Å². The molecule has 0 atom stereocenters. The second-order valence-corrected chi connectivity index (χ2v) is 4.44. The van der Waals surface area contributed by atoms with E-state index >= 15 is 0 Å². The minimum absolute atomic E-state index is 0.235. The van der Waals surface area contributed by atoms with Gasteiger partial charge in [0.05, 0.1) is 6.54 Å². The summed E-state index contributed by atoms with van der Waals surface area (Å²) >= 11 is 3.39. The first-order valence-corrected chi connectivity index (χ1v) is 5.88. The third kappa shape index (κ3) is 4.20. The largest absolute Gasteiger partial charge is 0.409 e. The van der Waals surface area contributed by atoms with Crippen molar-refractivity contribution >= 4 is 21.8 Å². The van der Waals surface area contributed by atoms with Crippen LogP contribution in [0.1, 0.15) is 12.5 Å². The summed E-state index contributed by atoms with van der Waals surface area (Å²) in [6.45, 7) is 4.17. The maximum Gasteiger partial charge on any atom is 0.153 e. The molecule has 88 valence electrons. The molecule has 0 bridgehead atoms. The maximum absolute atomic E-state index is 8.51. The number of oxime groups is 1. The van der Waals surface area contributed by atoms with E-state index in [4.69, 9.17) is 10.9 Å². The van der Waals surface area contributed by atoms with Crippen molar-refractivity contribution in [1.82, 2.24) is 4.90 Å². The highest BCUT2D eigenvalue weighted by molar-refractivity contribution is 9.10. The molecular weight excluding hydrogens is 270 g/mol. The Morgan fingerprint density at radius 2 is 2.06 bits per heavy atom. The Hall–Kier alpha value is -1.07. The van der Waals surface area contributed by atoms with E-state index < -0.39 is 0 Å². The summed E-state index contributed by atoms with van der Waals surface area (Å²) < 4.78 is 1.07. The first-order valence-electron chi connectivity index (χ1n) is 5.09. The van der Waals surface area contributed by atoms with Gasteiger partial charge in [-0.1, -0.05) is 40.1 Å². The van der Waals surface area contributed by atoms with Gasteiger partial charge in [-0.15, -0.1) is 0 Å². The summed E-state index contributed by atoms with van der Waals surface area (Å²) in [5, 5.41) is 11.5. The fourth-order valence-electron chi connectivity index (χ4n) is 1.39. The number of nitrogens with zero attached hydrogens (tertiary/aromatic N) is 2. The molecule has 1 aromatic carbocycles. The molecule has 0 heterocycles. The van der Waals surface area contributed by atoms with Crippen molar-refractivity contribution in [2.24, 2.45) is 10.9 Å². The lowest BCUT2D eigenvalue weighted by Gasteiger charge is -2.19. The van der Waals surface area contributed by atoms with Gasteiger partial charge in [-0.25, -0.2) is 0 Å². The van der Waals surface area contributed by atoms with Crippen molar-refractivity contribution in [1.29, 1.82) is 0 Å². The first kappa shape index (κ1) is 13.0. The van der Waals surface area contributed by atoms with Crippen LogP contribution in [0.2, 0.25) is 0 Å². The lowest BCUT2D eigenvalue weighted by Crippen LogP contribution is -2.33. The molecule has 1 aromatic rings. The molecule has 0 spiro atoms. The predicted molar refractivity (Wildman–Crippen MR) is 68.5 cm³/mol. The maximum atomic E-state index is 8.51. The van der Waals surface area contributed by atoms with Crippen molar-refractivity contribution in [3.05, 3.63) is 34.3 Å². The van der Waals surface area contributed by atoms with E-state index in [-0.39, 0.29) is 5.84 Å². The van der Waals surface area contributed by atoms with Gasteiger partial charge in [0.2, 0.25) is 0 Å². The molecule has 16 heavy (non-hydrogen) atoms. The molecule has 0 unspecified atom stereocenters. The van der Waals surface area contributed by atoms with Crippen LogP contribution in [0.3, 0.4) is 0 Å². The van der Waals surface area contributed by atoms with Crippen LogP contribution in [0.5, 0.6) is 0 Å². The zero-order valence-corrected chi connectivity index (χ0v) is 10.8. The normalized spacial score (nSPS) is 12.1. The summed E-state index contributed by atoms with van der Waals surface area (Å²) in [6.07, 6.45) is 0. The molecule has 5 heteroatoms. The van der Waals surface area contributed by atoms with E-state index in [1.54, 1.807) is 0 Å². The fraction of sp³-hybridized carbons (Fsp3) is 0.364. The van der Waals surface area contributed by atoms with Crippen LogP contribution in [0, 0.1) is 0 Å². The average Bonchev–Trinajstić information content (AvgIpc) is 2.30. The monoisotopic (exact) mass is 285 g/mol. The van der Waals surface area contributed by atoms with Gasteiger partial charge in [0, 0.05) is 11.0 Å². The SMILES string of the molecule is CCN(CC(N)=NO)Cc1ccc(Br)cc1. The minimum atomic E-state index is 0.235. The summed E-state index contributed by atoms with van der Waals surface area (Å²) in [6, 6.07) is 8.12. The molecule has 0 fully saturated rings. The van der Waals surface area contributed by atoms with Gasteiger partial charge in [0.25, 0.3) is 0 Å². The first-order chi connectivity index (χ1) is 7.65. The third-order valence-electron chi connectivity index (χ3n) is 2.28. The molecular formula is C11H16BrN3O. The Kier molecular flexibility index (Phi) is 5.28. The number of hydrogen-bond acceptors (Lipinski definition) is 3. The van der Waals surface area contributed by atoms with Crippen molar-refractivity contribution in [2.45, 2.75) is 13.5 Å². The van der Waals surface area contributed by atoms with Crippen molar-refractivity contribution < 1.29 is 5.21 Å². The topological polar surface area (TPSA) is 61.8 Å². The standard InChI is InChI=1S/C11H16BrN3O/c1-2-15(8-11(13)14-16)7-9-3-5-10(12)6-4-9/h3-6,16H,2,7-8H2,1H3,(H2,13,14). The van der Waals surface area contributed by atoms with E-state index in [0.29, 0.717) is 6.54 Å². The Morgan fingerprint density at radius 1 is 1.44 bits per heavy atom. The van der Waals surface area contributed by atoms with Crippen LogP contribution in [0.4, 0.5) is 0 Å². The van der Waals surface area contributed by atoms with Crippen LogP contribution in [0.25, 0.3) is 0 Å². The molecule has 0 amide bonds. The van der Waals surface area contributed by atoms with E-state index in [0.717, 1.165) is 17.6 Å². The molecule has 0 aliphatic rings. The van der Waals surface area contributed by atoms with Crippen LogP contribution < -0.4 is 5.73 Å². The quantitative estimate of drug-likeness (QED) is 0.377. The molecule has 1 rings (SSSR count). The average molecular weight is 286 g/mol. The molecule has 3 N–H and O–H groups in total. The number of nitrogens with two attached hydrogens (primary N) is 1. The van der Waals surface area contributed by atoms with Crippen molar-refractivity contribution in [3.8, 4) is 0 Å². The van der Waals surface area contributed by atoms with Gasteiger partial charge < -0.3 is 10.9 Å². The summed E-state index contributed by atoms with van der Waals surface area (Å²) in [4.78, 5) is 2.10. The van der Waals surface area contributed by atoms with Crippen molar-refractivity contribution in [2.75, 3.05) is 13.1 Å². The molecule has 0 saturated heterocycles. The van der Waals surface area contributed by atoms with Crippen LogP contribution in [0.15, 0.2) is 33.9 Å². The number of likely N-dealkylation sites (N-methyl/N-ethyl adjacent to an activating group) is 1. The van der Waals surface area contributed by atoms with Crippen LogP contribution in [-0.4, -0.2) is 29.0 Å². The minimum Gasteiger partial charge on any atom is -0.409 e. The van der Waals surface area contributed by atoms with E-state index in [1.165, 1.54) is 5.56 Å². The zero-order valence-electron chi connectivity index (χ0n) is 9.23. The number of halogens is 1. The third-order valence-corrected chi connectivity index (χ3v) is 2.81. The molecule has 0 aliphatic heterocycles. The second kappa shape index (κ2) is 6.50. The van der Waals surface area contributed by atoms with Crippen LogP contribution in [-0.2, 0) is 6.54 Å². The van der Waals surface area contributed by atoms with E-state index in [9.17, 15) is 0 Å². The van der Waals surface area contributed by atoms with Crippen molar-refractivity contribution in [3.63, 3.8) is 0 Å². The highest BCUT2D eigenvalue weighted by Crippen LogP contribution is 2.12. The van der Waals surface area contributed by atoms with Gasteiger partial charge in [-0.3, -0.25) is 4.90 Å². The number of benzene rings is 1. The van der Waals surface area contributed by atoms with E-state index in [1.807, 2.05) is 19.1 Å². The number of rotatable bonds is 5. The lowest BCUT2D eigenvalue weighted by molar-refractivity contribution is 0.294. The highest BCUT2D eigenvalue weighted by Gasteiger charge is 2.05. The predicted octanol–water partition coefficient (Wildman–Crippen LogP) is 2.02.